The van der Waals surface area contributed by atoms with Gasteiger partial charge in [-0.1, -0.05) is 66.7 Å². The third-order valence-corrected chi connectivity index (χ3v) is 5.43. The summed E-state index contributed by atoms with van der Waals surface area (Å²) >= 11 is 0. The van der Waals surface area contributed by atoms with E-state index in [1.165, 1.54) is 11.1 Å². The Kier molecular flexibility index (Phi) is 13.6. The van der Waals surface area contributed by atoms with Gasteiger partial charge in [0.15, 0.2) is 0 Å². The summed E-state index contributed by atoms with van der Waals surface area (Å²) in [4.78, 5) is 0. The van der Waals surface area contributed by atoms with Crippen LogP contribution in [0, 0.1) is 6.92 Å². The Labute approximate surface area is 210 Å². The first-order chi connectivity index (χ1) is 15.2. The van der Waals surface area contributed by atoms with Crippen LogP contribution in [0.25, 0.3) is 0 Å². The van der Waals surface area contributed by atoms with Gasteiger partial charge in [-0.2, -0.15) is 0 Å². The lowest BCUT2D eigenvalue weighted by Crippen LogP contribution is -2.17. The number of hydrogen-bond donors (Lipinski definition) is 2. The Balaban J connectivity index is 0.00000272. The first kappa shape index (κ1) is 28.8. The van der Waals surface area contributed by atoms with Crippen molar-refractivity contribution in [3.63, 3.8) is 0 Å². The molecule has 0 aliphatic carbocycles. The Hall–Kier alpha value is -2.24. The SMILES string of the molecule is CNCCC(Oc1cccc(OC(CCNC)c2ccccc2)c1C)c1ccccc1.Cl.Cl. The van der Waals surface area contributed by atoms with Gasteiger partial charge in [0.05, 0.1) is 0 Å². The summed E-state index contributed by atoms with van der Waals surface area (Å²) in [5, 5.41) is 6.47. The van der Waals surface area contributed by atoms with Crippen LogP contribution in [0.3, 0.4) is 0 Å². The quantitative estimate of drug-likeness (QED) is 0.312. The standard InChI is InChI=1S/C27H34N2O2.2ClH/c1-21-24(30-26(17-19-28-2)22-11-6-4-7-12-22)15-10-16-25(21)31-27(18-20-29-3)23-13-8-5-9-14-23;;/h4-16,26-29H,17-20H2,1-3H3;2*1H. The Morgan fingerprint density at radius 2 is 1.00 bits per heavy atom. The smallest absolute Gasteiger partial charge is 0.126 e. The molecule has 3 aromatic rings. The fraction of sp³-hybridized carbons (Fsp3) is 0.333. The number of hydrogen-bond acceptors (Lipinski definition) is 4. The molecule has 0 saturated heterocycles. The first-order valence-corrected chi connectivity index (χ1v) is 11.0. The van der Waals surface area contributed by atoms with Gasteiger partial charge in [-0.15, -0.1) is 24.8 Å². The maximum Gasteiger partial charge on any atom is 0.126 e. The van der Waals surface area contributed by atoms with E-state index in [0.717, 1.165) is 43.0 Å². The van der Waals surface area contributed by atoms with E-state index in [9.17, 15) is 0 Å². The van der Waals surface area contributed by atoms with Gasteiger partial charge in [0.1, 0.15) is 23.7 Å². The highest BCUT2D eigenvalue weighted by molar-refractivity contribution is 5.85. The monoisotopic (exact) mass is 490 g/mol. The van der Waals surface area contributed by atoms with Crippen LogP contribution in [0.15, 0.2) is 78.9 Å². The maximum absolute atomic E-state index is 6.51. The van der Waals surface area contributed by atoms with E-state index >= 15 is 0 Å². The van der Waals surface area contributed by atoms with Gasteiger partial charge in [-0.3, -0.25) is 0 Å². The molecule has 6 heteroatoms. The van der Waals surface area contributed by atoms with Crippen molar-refractivity contribution in [1.82, 2.24) is 10.6 Å². The molecule has 0 heterocycles. The number of rotatable bonds is 12. The van der Waals surface area contributed by atoms with E-state index in [1.54, 1.807) is 0 Å². The van der Waals surface area contributed by atoms with Crippen LogP contribution in [-0.4, -0.2) is 27.2 Å². The highest BCUT2D eigenvalue weighted by Crippen LogP contribution is 2.35. The summed E-state index contributed by atoms with van der Waals surface area (Å²) in [7, 11) is 3.94. The number of ether oxygens (including phenoxy) is 2. The number of nitrogens with one attached hydrogen (secondary N) is 2. The zero-order valence-electron chi connectivity index (χ0n) is 19.6. The molecule has 3 aromatic carbocycles. The number of benzene rings is 3. The summed E-state index contributed by atoms with van der Waals surface area (Å²) in [5.41, 5.74) is 3.39. The second-order valence-corrected chi connectivity index (χ2v) is 7.70. The van der Waals surface area contributed by atoms with Crippen molar-refractivity contribution in [2.75, 3.05) is 27.2 Å². The molecule has 0 aromatic heterocycles. The normalized spacial score (nSPS) is 12.1. The zero-order chi connectivity index (χ0) is 21.9. The predicted molar refractivity (Wildman–Crippen MR) is 142 cm³/mol. The van der Waals surface area contributed by atoms with Crippen LogP contribution < -0.4 is 20.1 Å². The molecule has 0 fully saturated rings. The van der Waals surface area contributed by atoms with Crippen LogP contribution in [-0.2, 0) is 0 Å². The Morgan fingerprint density at radius 3 is 1.36 bits per heavy atom. The average Bonchev–Trinajstić information content (AvgIpc) is 2.82. The summed E-state index contributed by atoms with van der Waals surface area (Å²) in [6.45, 7) is 3.84. The molecule has 2 atom stereocenters. The van der Waals surface area contributed by atoms with Crippen molar-refractivity contribution >= 4 is 24.8 Å². The molecule has 0 spiro atoms. The maximum atomic E-state index is 6.51. The van der Waals surface area contributed by atoms with E-state index < -0.39 is 0 Å². The summed E-state index contributed by atoms with van der Waals surface area (Å²) in [6, 6.07) is 26.9. The molecule has 0 aliphatic heterocycles. The minimum Gasteiger partial charge on any atom is -0.485 e. The molecule has 0 aliphatic rings. The zero-order valence-corrected chi connectivity index (χ0v) is 21.3. The van der Waals surface area contributed by atoms with Gasteiger partial charge >= 0.3 is 0 Å². The molecule has 0 radical (unpaired) electrons. The van der Waals surface area contributed by atoms with E-state index in [0.29, 0.717) is 0 Å². The lowest BCUT2D eigenvalue weighted by atomic mass is 10.1. The molecule has 4 nitrogen and oxygen atoms in total. The first-order valence-electron chi connectivity index (χ1n) is 11.0. The largest absolute Gasteiger partial charge is 0.485 e. The molecule has 180 valence electrons. The van der Waals surface area contributed by atoms with Crippen LogP contribution in [0.5, 0.6) is 11.5 Å². The van der Waals surface area contributed by atoms with Crippen molar-refractivity contribution < 1.29 is 9.47 Å². The van der Waals surface area contributed by atoms with Gasteiger partial charge in [0, 0.05) is 18.4 Å². The third-order valence-electron chi connectivity index (χ3n) is 5.43. The highest BCUT2D eigenvalue weighted by atomic mass is 35.5. The molecule has 2 unspecified atom stereocenters. The lowest BCUT2D eigenvalue weighted by molar-refractivity contribution is 0.181. The van der Waals surface area contributed by atoms with Crippen LogP contribution >= 0.6 is 24.8 Å². The Bertz CT molecular complexity index is 839. The molecule has 0 bridgehead atoms. The fourth-order valence-corrected chi connectivity index (χ4v) is 3.63. The van der Waals surface area contributed by atoms with Crippen LogP contribution in [0.1, 0.15) is 41.7 Å². The summed E-state index contributed by atoms with van der Waals surface area (Å²) < 4.78 is 13.0. The third kappa shape index (κ3) is 8.56. The van der Waals surface area contributed by atoms with E-state index in [-0.39, 0.29) is 37.0 Å². The van der Waals surface area contributed by atoms with Gasteiger partial charge in [-0.25, -0.2) is 0 Å². The molecule has 33 heavy (non-hydrogen) atoms. The fourth-order valence-electron chi connectivity index (χ4n) is 3.63. The van der Waals surface area contributed by atoms with E-state index in [1.807, 2.05) is 44.4 Å². The van der Waals surface area contributed by atoms with E-state index in [4.69, 9.17) is 9.47 Å². The van der Waals surface area contributed by atoms with Crippen molar-refractivity contribution in [2.45, 2.75) is 32.0 Å². The van der Waals surface area contributed by atoms with Crippen LogP contribution in [0.4, 0.5) is 0 Å². The van der Waals surface area contributed by atoms with Gasteiger partial charge < -0.3 is 20.1 Å². The van der Waals surface area contributed by atoms with Gasteiger partial charge in [0.25, 0.3) is 0 Å². The van der Waals surface area contributed by atoms with Gasteiger partial charge in [-0.05, 0) is 57.4 Å². The number of halogens is 2. The lowest BCUT2D eigenvalue weighted by Gasteiger charge is -2.24. The molecule has 3 rings (SSSR count). The molecule has 2 N–H and O–H groups in total. The van der Waals surface area contributed by atoms with E-state index in [2.05, 4.69) is 66.1 Å². The van der Waals surface area contributed by atoms with Crippen molar-refractivity contribution in [3.8, 4) is 11.5 Å². The minimum atomic E-state index is -0.0168. The summed E-state index contributed by atoms with van der Waals surface area (Å²) in [6.07, 6.45) is 1.74. The predicted octanol–water partition coefficient (Wildman–Crippen LogP) is 6.30. The summed E-state index contributed by atoms with van der Waals surface area (Å²) in [5.74, 6) is 1.73. The van der Waals surface area contributed by atoms with Crippen molar-refractivity contribution in [3.05, 3.63) is 95.6 Å². The Morgan fingerprint density at radius 1 is 0.606 bits per heavy atom. The molecule has 0 saturated carbocycles. The van der Waals surface area contributed by atoms with Gasteiger partial charge in [0.2, 0.25) is 0 Å². The molecule has 0 amide bonds. The van der Waals surface area contributed by atoms with Crippen molar-refractivity contribution in [2.24, 2.45) is 0 Å². The molecular formula is C27H36Cl2N2O2. The second-order valence-electron chi connectivity index (χ2n) is 7.70. The van der Waals surface area contributed by atoms with Crippen LogP contribution in [0.2, 0.25) is 0 Å². The average molecular weight is 492 g/mol. The van der Waals surface area contributed by atoms with Crippen molar-refractivity contribution in [1.29, 1.82) is 0 Å². The highest BCUT2D eigenvalue weighted by Gasteiger charge is 2.18. The topological polar surface area (TPSA) is 42.5 Å². The minimum absolute atomic E-state index is 0. The second kappa shape index (κ2) is 15.6. The molecular weight excluding hydrogens is 455 g/mol.